The van der Waals surface area contributed by atoms with Crippen LogP contribution in [0.25, 0.3) is 11.3 Å². The molecular formula is C18H19IN4O. The van der Waals surface area contributed by atoms with Crippen LogP contribution in [0, 0.1) is 6.92 Å². The van der Waals surface area contributed by atoms with Gasteiger partial charge in [-0.15, -0.1) is 24.0 Å². The number of hydrogen-bond acceptors (Lipinski definition) is 3. The van der Waals surface area contributed by atoms with E-state index in [1.54, 1.807) is 0 Å². The minimum Gasteiger partial charge on any atom is -0.370 e. The van der Waals surface area contributed by atoms with Gasteiger partial charge in [-0.05, 0) is 19.1 Å². The van der Waals surface area contributed by atoms with Crippen molar-refractivity contribution in [2.45, 2.75) is 13.5 Å². The summed E-state index contributed by atoms with van der Waals surface area (Å²) in [6, 6.07) is 19.6. The fourth-order valence-corrected chi connectivity index (χ4v) is 2.12. The number of aliphatic imine (C=N–C) groups is 1. The molecule has 0 aliphatic heterocycles. The molecular weight excluding hydrogens is 415 g/mol. The molecule has 0 amide bonds. The number of nitrogens with two attached hydrogens (primary N) is 1. The number of nitrogens with one attached hydrogen (secondary N) is 1. The molecule has 5 nitrogen and oxygen atoms in total. The molecule has 1 aromatic heterocycles. The molecule has 2 aromatic carbocycles. The van der Waals surface area contributed by atoms with Gasteiger partial charge in [-0.3, -0.25) is 0 Å². The highest BCUT2D eigenvalue weighted by Gasteiger charge is 2.05. The van der Waals surface area contributed by atoms with E-state index in [-0.39, 0.29) is 24.0 Å². The topological polar surface area (TPSA) is 76.4 Å². The van der Waals surface area contributed by atoms with E-state index < -0.39 is 0 Å². The van der Waals surface area contributed by atoms with Gasteiger partial charge in [0.25, 0.3) is 0 Å². The summed E-state index contributed by atoms with van der Waals surface area (Å²) >= 11 is 0. The van der Waals surface area contributed by atoms with E-state index in [0.717, 1.165) is 22.7 Å². The summed E-state index contributed by atoms with van der Waals surface area (Å²) in [5.41, 5.74) is 9.71. The first-order valence-corrected chi connectivity index (χ1v) is 7.35. The van der Waals surface area contributed by atoms with E-state index in [1.165, 1.54) is 5.56 Å². The summed E-state index contributed by atoms with van der Waals surface area (Å²) in [6.07, 6.45) is 0. The summed E-state index contributed by atoms with van der Waals surface area (Å²) < 4.78 is 5.33. The van der Waals surface area contributed by atoms with Crippen molar-refractivity contribution in [3.8, 4) is 11.3 Å². The molecule has 0 radical (unpaired) electrons. The van der Waals surface area contributed by atoms with Crippen molar-refractivity contribution in [3.05, 3.63) is 71.9 Å². The Morgan fingerprint density at radius 1 is 1.12 bits per heavy atom. The summed E-state index contributed by atoms with van der Waals surface area (Å²) in [5, 5.41) is 7.06. The number of aryl methyl sites for hydroxylation is 1. The first-order chi connectivity index (χ1) is 11.2. The predicted octanol–water partition coefficient (Wildman–Crippen LogP) is 4.19. The summed E-state index contributed by atoms with van der Waals surface area (Å²) in [7, 11) is 0. The molecule has 3 aromatic rings. The average Bonchev–Trinajstić information content (AvgIpc) is 3.05. The second-order valence-corrected chi connectivity index (χ2v) is 5.24. The Hall–Kier alpha value is -2.35. The molecule has 0 saturated heterocycles. The van der Waals surface area contributed by atoms with Crippen molar-refractivity contribution in [1.29, 1.82) is 0 Å². The van der Waals surface area contributed by atoms with E-state index in [0.29, 0.717) is 12.5 Å². The van der Waals surface area contributed by atoms with Gasteiger partial charge < -0.3 is 15.6 Å². The number of nitrogens with zero attached hydrogens (tertiary/aromatic N) is 2. The van der Waals surface area contributed by atoms with Crippen LogP contribution in [0.2, 0.25) is 0 Å². The fraction of sp³-hybridized carbons (Fsp3) is 0.111. The first kappa shape index (κ1) is 18.0. The van der Waals surface area contributed by atoms with E-state index >= 15 is 0 Å². The Morgan fingerprint density at radius 2 is 1.83 bits per heavy atom. The zero-order valence-corrected chi connectivity index (χ0v) is 15.6. The summed E-state index contributed by atoms with van der Waals surface area (Å²) in [5.74, 6) is 1.07. The molecule has 0 bridgehead atoms. The molecule has 0 spiro atoms. The van der Waals surface area contributed by atoms with Crippen molar-refractivity contribution >= 4 is 35.6 Å². The van der Waals surface area contributed by atoms with Crippen LogP contribution in [0.1, 0.15) is 11.3 Å². The highest BCUT2D eigenvalue weighted by atomic mass is 127. The largest absolute Gasteiger partial charge is 0.370 e. The van der Waals surface area contributed by atoms with E-state index in [4.69, 9.17) is 10.3 Å². The maximum atomic E-state index is 5.89. The lowest BCUT2D eigenvalue weighted by atomic mass is 10.2. The van der Waals surface area contributed by atoms with Crippen molar-refractivity contribution in [1.82, 2.24) is 5.16 Å². The Labute approximate surface area is 158 Å². The van der Waals surface area contributed by atoms with Crippen LogP contribution in [0.15, 0.2) is 70.2 Å². The molecule has 124 valence electrons. The van der Waals surface area contributed by atoms with Crippen molar-refractivity contribution in [2.75, 3.05) is 5.32 Å². The molecule has 3 N–H and O–H groups in total. The van der Waals surface area contributed by atoms with Crippen LogP contribution < -0.4 is 11.1 Å². The standard InChI is InChI=1S/C18H18N4O.HI/c1-13-7-9-15(10-8-13)21-18(19)20-12-16-11-17(23-22-16)14-5-3-2-4-6-14;/h2-11H,12H2,1H3,(H3,19,20,21);1H. The first-order valence-electron chi connectivity index (χ1n) is 7.35. The predicted molar refractivity (Wildman–Crippen MR) is 107 cm³/mol. The van der Waals surface area contributed by atoms with Gasteiger partial charge in [0, 0.05) is 17.3 Å². The number of anilines is 1. The number of guanidine groups is 1. The molecule has 0 unspecified atom stereocenters. The van der Waals surface area contributed by atoms with Crippen molar-refractivity contribution in [2.24, 2.45) is 10.7 Å². The Morgan fingerprint density at radius 3 is 2.54 bits per heavy atom. The molecule has 0 atom stereocenters. The second-order valence-electron chi connectivity index (χ2n) is 5.24. The molecule has 0 aliphatic carbocycles. The highest BCUT2D eigenvalue weighted by molar-refractivity contribution is 14.0. The maximum absolute atomic E-state index is 5.89. The van der Waals surface area contributed by atoms with Gasteiger partial charge in [-0.2, -0.15) is 0 Å². The van der Waals surface area contributed by atoms with E-state index in [1.807, 2.05) is 67.6 Å². The van der Waals surface area contributed by atoms with Gasteiger partial charge in [0.05, 0.1) is 6.54 Å². The third kappa shape index (κ3) is 4.82. The van der Waals surface area contributed by atoms with Gasteiger partial charge in [-0.1, -0.05) is 53.2 Å². The van der Waals surface area contributed by atoms with Crippen LogP contribution in [-0.4, -0.2) is 11.1 Å². The quantitative estimate of drug-likeness (QED) is 0.367. The minimum absolute atomic E-state index is 0. The maximum Gasteiger partial charge on any atom is 0.193 e. The van der Waals surface area contributed by atoms with Crippen LogP contribution in [0.3, 0.4) is 0 Å². The smallest absolute Gasteiger partial charge is 0.193 e. The fourth-order valence-electron chi connectivity index (χ4n) is 2.12. The highest BCUT2D eigenvalue weighted by Crippen LogP contribution is 2.20. The Kier molecular flexibility index (Phi) is 6.36. The number of hydrogen-bond donors (Lipinski definition) is 2. The molecule has 0 saturated carbocycles. The average molecular weight is 434 g/mol. The Balaban J connectivity index is 0.00000208. The summed E-state index contributed by atoms with van der Waals surface area (Å²) in [4.78, 5) is 4.28. The van der Waals surface area contributed by atoms with Gasteiger partial charge in [-0.25, -0.2) is 4.99 Å². The monoisotopic (exact) mass is 434 g/mol. The third-order valence-electron chi connectivity index (χ3n) is 3.35. The zero-order valence-electron chi connectivity index (χ0n) is 13.3. The van der Waals surface area contributed by atoms with Crippen LogP contribution in [-0.2, 0) is 6.54 Å². The van der Waals surface area contributed by atoms with Gasteiger partial charge in [0.15, 0.2) is 11.7 Å². The number of rotatable bonds is 4. The molecule has 24 heavy (non-hydrogen) atoms. The van der Waals surface area contributed by atoms with Gasteiger partial charge in [0.1, 0.15) is 5.69 Å². The lowest BCUT2D eigenvalue weighted by Crippen LogP contribution is -2.22. The minimum atomic E-state index is 0. The van der Waals surface area contributed by atoms with Gasteiger partial charge in [0.2, 0.25) is 0 Å². The Bertz CT molecular complexity index is 797. The summed E-state index contributed by atoms with van der Waals surface area (Å²) in [6.45, 7) is 2.40. The van der Waals surface area contributed by atoms with E-state index in [9.17, 15) is 0 Å². The third-order valence-corrected chi connectivity index (χ3v) is 3.35. The lowest BCUT2D eigenvalue weighted by Gasteiger charge is -2.05. The molecule has 0 fully saturated rings. The molecule has 0 aliphatic rings. The molecule has 3 rings (SSSR count). The SMILES string of the molecule is Cc1ccc(NC(N)=NCc2cc(-c3ccccc3)on2)cc1.I. The number of aromatic nitrogens is 1. The van der Waals surface area contributed by atoms with Crippen LogP contribution >= 0.6 is 24.0 Å². The van der Waals surface area contributed by atoms with Gasteiger partial charge >= 0.3 is 0 Å². The normalized spacial score (nSPS) is 11.0. The van der Waals surface area contributed by atoms with E-state index in [2.05, 4.69) is 15.5 Å². The van der Waals surface area contributed by atoms with Crippen molar-refractivity contribution < 1.29 is 4.52 Å². The molecule has 1 heterocycles. The number of halogens is 1. The molecule has 6 heteroatoms. The number of benzene rings is 2. The second kappa shape index (κ2) is 8.49. The zero-order chi connectivity index (χ0) is 16.1. The van der Waals surface area contributed by atoms with Crippen LogP contribution in [0.5, 0.6) is 0 Å². The lowest BCUT2D eigenvalue weighted by molar-refractivity contribution is 0.424. The van der Waals surface area contributed by atoms with Crippen LogP contribution in [0.4, 0.5) is 5.69 Å². The van der Waals surface area contributed by atoms with Crippen molar-refractivity contribution in [3.63, 3.8) is 0 Å².